The van der Waals surface area contributed by atoms with Crippen LogP contribution in [0.15, 0.2) is 48.8 Å². The molecule has 0 saturated carbocycles. The number of hydrogen-bond donors (Lipinski definition) is 3. The highest BCUT2D eigenvalue weighted by Crippen LogP contribution is 2.24. The molecule has 1 amide bonds. The highest BCUT2D eigenvalue weighted by Gasteiger charge is 2.31. The molecular weight excluding hydrogens is 575 g/mol. The Morgan fingerprint density at radius 2 is 2.00 bits per heavy atom. The van der Waals surface area contributed by atoms with Gasteiger partial charge in [-0.3, -0.25) is 15.1 Å². The zero-order valence-corrected chi connectivity index (χ0v) is 21.9. The summed E-state index contributed by atoms with van der Waals surface area (Å²) in [5, 5.41) is 31.4. The van der Waals surface area contributed by atoms with Crippen molar-refractivity contribution < 1.29 is 36.6 Å². The molecule has 4 rings (SSSR count). The number of hydrogen-bond acceptors (Lipinski definition) is 10. The maximum atomic E-state index is 14.6. The van der Waals surface area contributed by atoms with Crippen LogP contribution in [0.1, 0.15) is 34.6 Å². The first-order valence-electron chi connectivity index (χ1n) is 12.1. The quantitative estimate of drug-likeness (QED) is 0.156. The van der Waals surface area contributed by atoms with Gasteiger partial charge in [0, 0.05) is 19.2 Å². The first kappa shape index (κ1) is 29.9. The van der Waals surface area contributed by atoms with Crippen LogP contribution < -0.4 is 15.4 Å². The van der Waals surface area contributed by atoms with Gasteiger partial charge in [0.05, 0.1) is 24.9 Å². The van der Waals surface area contributed by atoms with Crippen LogP contribution in [0, 0.1) is 5.82 Å². The Kier molecular flexibility index (Phi) is 9.85. The summed E-state index contributed by atoms with van der Waals surface area (Å²) in [6.07, 6.45) is -4.61. The second-order valence-corrected chi connectivity index (χ2v) is 9.70. The molecule has 3 aromatic heterocycles. The standard InChI is InChI=1S/C24H23F5N8O3S/c25-15(12-37-13-19(33-36-37)22(39)31-11-18-17(26)5-2-8-30-18)6-7-21-34-35-23(41-21)32-20(38)10-14-3-1-4-16(9-14)40-24(27,28)29/h1-5,8-9,13,15,22,31,39H,6-7,10-12H2,(H,32,35,38). The number of aliphatic hydroxyl groups is 1. The summed E-state index contributed by atoms with van der Waals surface area (Å²) < 4.78 is 70.5. The van der Waals surface area contributed by atoms with Gasteiger partial charge in [-0.15, -0.1) is 28.5 Å². The lowest BCUT2D eigenvalue weighted by Gasteiger charge is -2.10. The predicted octanol–water partition coefficient (Wildman–Crippen LogP) is 3.50. The van der Waals surface area contributed by atoms with Gasteiger partial charge in [0.25, 0.3) is 0 Å². The van der Waals surface area contributed by atoms with Gasteiger partial charge in [0.15, 0.2) is 6.23 Å². The molecule has 2 atom stereocenters. The molecular formula is C24H23F5N8O3S. The number of nitrogens with zero attached hydrogens (tertiary/aromatic N) is 6. The minimum atomic E-state index is -4.84. The van der Waals surface area contributed by atoms with E-state index in [0.717, 1.165) is 23.5 Å². The second kappa shape index (κ2) is 13.5. The molecule has 0 aliphatic rings. The average molecular weight is 599 g/mol. The molecule has 17 heteroatoms. The van der Waals surface area contributed by atoms with Gasteiger partial charge in [-0.1, -0.05) is 28.7 Å². The number of nitrogens with one attached hydrogen (secondary N) is 2. The number of aliphatic hydroxyl groups excluding tert-OH is 1. The summed E-state index contributed by atoms with van der Waals surface area (Å²) in [7, 11) is 0. The van der Waals surface area contributed by atoms with Crippen molar-refractivity contribution in [2.24, 2.45) is 0 Å². The van der Waals surface area contributed by atoms with Crippen LogP contribution in [0.3, 0.4) is 0 Å². The molecule has 11 nitrogen and oxygen atoms in total. The normalized spacial score (nSPS) is 13.1. The molecule has 218 valence electrons. The Labute approximate surface area is 233 Å². The molecule has 0 aliphatic carbocycles. The first-order chi connectivity index (χ1) is 19.5. The number of benzene rings is 1. The SMILES string of the molecule is O=C(Cc1cccc(OC(F)(F)F)c1)Nc1nnc(CCC(F)Cn2cc(C(O)NCc3ncccc3F)nn2)s1. The van der Waals surface area contributed by atoms with Crippen molar-refractivity contribution in [2.75, 3.05) is 5.32 Å². The number of ether oxygens (including phenoxy) is 1. The third-order valence-electron chi connectivity index (χ3n) is 5.40. The molecule has 1 aromatic carbocycles. The van der Waals surface area contributed by atoms with E-state index >= 15 is 0 Å². The van der Waals surface area contributed by atoms with Crippen molar-refractivity contribution >= 4 is 22.4 Å². The van der Waals surface area contributed by atoms with Crippen LogP contribution in [0.5, 0.6) is 5.75 Å². The van der Waals surface area contributed by atoms with Crippen LogP contribution >= 0.6 is 11.3 Å². The fraction of sp³-hybridized carbons (Fsp3) is 0.333. The third kappa shape index (κ3) is 9.51. The fourth-order valence-corrected chi connectivity index (χ4v) is 4.33. The number of alkyl halides is 4. The van der Waals surface area contributed by atoms with Crippen molar-refractivity contribution in [3.8, 4) is 5.75 Å². The number of amides is 1. The molecule has 3 heterocycles. The number of anilines is 1. The largest absolute Gasteiger partial charge is 0.573 e. The number of halogens is 5. The lowest BCUT2D eigenvalue weighted by Crippen LogP contribution is -2.22. The summed E-state index contributed by atoms with van der Waals surface area (Å²) in [5.74, 6) is -1.48. The van der Waals surface area contributed by atoms with Crippen molar-refractivity contribution in [3.63, 3.8) is 0 Å². The maximum Gasteiger partial charge on any atom is 0.573 e. The minimum absolute atomic E-state index is 0.0547. The highest BCUT2D eigenvalue weighted by molar-refractivity contribution is 7.15. The van der Waals surface area contributed by atoms with Gasteiger partial charge in [-0.05, 0) is 36.2 Å². The second-order valence-electron chi connectivity index (χ2n) is 8.64. The third-order valence-corrected chi connectivity index (χ3v) is 6.30. The average Bonchev–Trinajstić information content (AvgIpc) is 3.55. The van der Waals surface area contributed by atoms with Crippen molar-refractivity contribution in [1.29, 1.82) is 0 Å². The number of aromatic nitrogens is 6. The van der Waals surface area contributed by atoms with Crippen LogP contribution in [-0.2, 0) is 30.7 Å². The molecule has 0 fully saturated rings. The zero-order chi connectivity index (χ0) is 29.4. The summed E-state index contributed by atoms with van der Waals surface area (Å²) in [6.45, 7) is -0.199. The Balaban J connectivity index is 1.20. The minimum Gasteiger partial charge on any atom is -0.406 e. The molecule has 4 aromatic rings. The van der Waals surface area contributed by atoms with E-state index in [1.165, 1.54) is 41.3 Å². The van der Waals surface area contributed by atoms with Gasteiger partial charge >= 0.3 is 6.36 Å². The maximum absolute atomic E-state index is 14.6. The molecule has 0 bridgehead atoms. The predicted molar refractivity (Wildman–Crippen MR) is 135 cm³/mol. The molecule has 3 N–H and O–H groups in total. The van der Waals surface area contributed by atoms with Crippen LogP contribution in [0.2, 0.25) is 0 Å². The molecule has 0 spiro atoms. The van der Waals surface area contributed by atoms with Crippen LogP contribution in [-0.4, -0.2) is 53.7 Å². The number of carbonyl (C=O) groups excluding carboxylic acids is 1. The number of carbonyl (C=O) groups is 1. The van der Waals surface area contributed by atoms with Gasteiger partial charge < -0.3 is 15.2 Å². The van der Waals surface area contributed by atoms with E-state index in [-0.39, 0.29) is 48.9 Å². The lowest BCUT2D eigenvalue weighted by molar-refractivity contribution is -0.274. The van der Waals surface area contributed by atoms with Gasteiger partial charge in [0.1, 0.15) is 28.4 Å². The number of pyridine rings is 1. The zero-order valence-electron chi connectivity index (χ0n) is 21.1. The summed E-state index contributed by atoms with van der Waals surface area (Å²) >= 11 is 1.04. The Hall–Kier alpha value is -4.09. The summed E-state index contributed by atoms with van der Waals surface area (Å²) in [5.41, 5.74) is 0.542. The van der Waals surface area contributed by atoms with E-state index in [0.29, 0.717) is 10.6 Å². The van der Waals surface area contributed by atoms with E-state index in [4.69, 9.17) is 0 Å². The Morgan fingerprint density at radius 3 is 2.78 bits per heavy atom. The summed E-state index contributed by atoms with van der Waals surface area (Å²) in [4.78, 5) is 16.2. The first-order valence-corrected chi connectivity index (χ1v) is 12.9. The van der Waals surface area contributed by atoms with E-state index in [1.807, 2.05) is 0 Å². The van der Waals surface area contributed by atoms with Gasteiger partial charge in [-0.25, -0.2) is 13.5 Å². The van der Waals surface area contributed by atoms with E-state index in [2.05, 4.69) is 40.9 Å². The van der Waals surface area contributed by atoms with Crippen LogP contribution in [0.25, 0.3) is 0 Å². The highest BCUT2D eigenvalue weighted by atomic mass is 32.1. The van der Waals surface area contributed by atoms with Crippen molar-refractivity contribution in [1.82, 2.24) is 35.5 Å². The van der Waals surface area contributed by atoms with Crippen molar-refractivity contribution in [3.05, 3.63) is 76.6 Å². The van der Waals surface area contributed by atoms with Gasteiger partial charge in [0.2, 0.25) is 11.0 Å². The van der Waals surface area contributed by atoms with E-state index in [1.54, 1.807) is 0 Å². The fourth-order valence-electron chi connectivity index (χ4n) is 3.56. The monoisotopic (exact) mass is 598 g/mol. The molecule has 2 unspecified atom stereocenters. The molecule has 0 saturated heterocycles. The number of rotatable bonds is 13. The van der Waals surface area contributed by atoms with Crippen molar-refractivity contribution in [2.45, 2.75) is 51.1 Å². The van der Waals surface area contributed by atoms with E-state index in [9.17, 15) is 31.9 Å². The Bertz CT molecular complexity index is 1450. The molecule has 41 heavy (non-hydrogen) atoms. The van der Waals surface area contributed by atoms with Gasteiger partial charge in [-0.2, -0.15) is 0 Å². The topological polar surface area (TPSA) is 140 Å². The summed E-state index contributed by atoms with van der Waals surface area (Å²) in [6, 6.07) is 7.75. The van der Waals surface area contributed by atoms with E-state index < -0.39 is 36.2 Å². The Morgan fingerprint density at radius 1 is 1.17 bits per heavy atom. The lowest BCUT2D eigenvalue weighted by atomic mass is 10.1. The smallest absolute Gasteiger partial charge is 0.406 e. The molecule has 0 aliphatic heterocycles. The van der Waals surface area contributed by atoms with Crippen LogP contribution in [0.4, 0.5) is 27.1 Å². The number of aryl methyl sites for hydroxylation is 1. The molecule has 0 radical (unpaired) electrons.